The quantitative estimate of drug-likeness (QED) is 0.337. The molecule has 1 fully saturated rings. The van der Waals surface area contributed by atoms with Crippen molar-refractivity contribution >= 4 is 17.8 Å². The summed E-state index contributed by atoms with van der Waals surface area (Å²) in [5.41, 5.74) is 1.36. The smallest absolute Gasteiger partial charge is 0.326 e. The molecule has 8 nitrogen and oxygen atoms in total. The molecule has 0 spiro atoms. The Bertz CT molecular complexity index is 823. The molecule has 34 heavy (non-hydrogen) atoms. The predicted molar refractivity (Wildman–Crippen MR) is 133 cm³/mol. The summed E-state index contributed by atoms with van der Waals surface area (Å²) in [6.45, 7) is 11.8. The molecule has 0 saturated carbocycles. The highest BCUT2D eigenvalue weighted by atomic mass is 16.5. The second kappa shape index (κ2) is 12.9. The number of carbonyl (C=O) groups is 3. The molecule has 2 N–H and O–H groups in total. The van der Waals surface area contributed by atoms with E-state index in [2.05, 4.69) is 17.6 Å². The fourth-order valence-corrected chi connectivity index (χ4v) is 4.40. The highest BCUT2D eigenvalue weighted by Crippen LogP contribution is 2.46. The summed E-state index contributed by atoms with van der Waals surface area (Å²) < 4.78 is 5.96. The molecule has 1 aliphatic rings. The third-order valence-corrected chi connectivity index (χ3v) is 6.85. The molecule has 2 atom stereocenters. The fraction of sp³-hybridized carbons (Fsp3) is 0.654. The summed E-state index contributed by atoms with van der Waals surface area (Å²) in [7, 11) is 1.73. The second-order valence-corrected chi connectivity index (χ2v) is 9.07. The normalized spacial score (nSPS) is 17.8. The molecular formula is C26H42N4O4. The van der Waals surface area contributed by atoms with E-state index >= 15 is 0 Å². The number of likely N-dealkylation sites (tertiary alicyclic amines) is 1. The third kappa shape index (κ3) is 6.16. The first kappa shape index (κ1) is 27.8. The molecule has 0 bridgehead atoms. The van der Waals surface area contributed by atoms with Gasteiger partial charge in [-0.05, 0) is 38.3 Å². The first-order valence-corrected chi connectivity index (χ1v) is 12.5. The molecule has 1 heterocycles. The van der Waals surface area contributed by atoms with Crippen LogP contribution in [0.5, 0.6) is 0 Å². The first-order chi connectivity index (χ1) is 16.2. The van der Waals surface area contributed by atoms with Gasteiger partial charge in [0.1, 0.15) is 6.61 Å². The van der Waals surface area contributed by atoms with E-state index in [9.17, 15) is 14.4 Å². The number of hydrogen-bond donors (Lipinski definition) is 2. The first-order valence-electron chi connectivity index (χ1n) is 12.5. The minimum Gasteiger partial charge on any atom is -0.347 e. The Balaban J connectivity index is 2.12. The van der Waals surface area contributed by atoms with Crippen molar-refractivity contribution in [3.05, 3.63) is 35.4 Å². The van der Waals surface area contributed by atoms with Crippen molar-refractivity contribution in [3.63, 3.8) is 0 Å². The Hall–Kier alpha value is -2.45. The van der Waals surface area contributed by atoms with Gasteiger partial charge in [0, 0.05) is 20.1 Å². The van der Waals surface area contributed by atoms with Gasteiger partial charge in [0.2, 0.25) is 11.8 Å². The fourth-order valence-electron chi connectivity index (χ4n) is 4.40. The van der Waals surface area contributed by atoms with Gasteiger partial charge in [-0.1, -0.05) is 63.9 Å². The van der Waals surface area contributed by atoms with Crippen molar-refractivity contribution in [1.82, 2.24) is 20.4 Å². The number of nitrogens with zero attached hydrogens (tertiary/aromatic N) is 2. The summed E-state index contributed by atoms with van der Waals surface area (Å²) in [6.07, 6.45) is 1.95. The minimum absolute atomic E-state index is 0.178. The number of rotatable bonds is 13. The molecule has 0 unspecified atom stereocenters. The van der Waals surface area contributed by atoms with E-state index in [-0.39, 0.29) is 24.5 Å². The lowest BCUT2D eigenvalue weighted by Crippen LogP contribution is -2.72. The zero-order valence-electron chi connectivity index (χ0n) is 21.6. The number of amides is 4. The van der Waals surface area contributed by atoms with Crippen LogP contribution in [0.4, 0.5) is 4.79 Å². The Morgan fingerprint density at radius 3 is 2.35 bits per heavy atom. The van der Waals surface area contributed by atoms with Crippen LogP contribution in [0.25, 0.3) is 0 Å². The highest BCUT2D eigenvalue weighted by molar-refractivity contribution is 6.03. The lowest BCUT2D eigenvalue weighted by atomic mass is 9.72. The average Bonchev–Trinajstić information content (AvgIpc) is 2.82. The number of β-lactam (4-membered cyclic amide) rings is 1. The van der Waals surface area contributed by atoms with Crippen LogP contribution in [0.2, 0.25) is 0 Å². The second-order valence-electron chi connectivity index (χ2n) is 9.07. The van der Waals surface area contributed by atoms with Crippen LogP contribution in [0.15, 0.2) is 24.3 Å². The summed E-state index contributed by atoms with van der Waals surface area (Å²) in [4.78, 5) is 41.7. The zero-order chi connectivity index (χ0) is 25.3. The van der Waals surface area contributed by atoms with Crippen LogP contribution in [0.1, 0.15) is 70.5 Å². The maximum absolute atomic E-state index is 13.3. The Morgan fingerprint density at radius 1 is 1.15 bits per heavy atom. The van der Waals surface area contributed by atoms with E-state index < -0.39 is 17.7 Å². The molecule has 1 aromatic rings. The molecule has 1 aliphatic heterocycles. The summed E-state index contributed by atoms with van der Waals surface area (Å²) in [5.74, 6) is -0.422. The van der Waals surface area contributed by atoms with Gasteiger partial charge < -0.3 is 20.3 Å². The molecule has 1 saturated heterocycles. The van der Waals surface area contributed by atoms with Gasteiger partial charge >= 0.3 is 6.03 Å². The van der Waals surface area contributed by atoms with E-state index in [1.807, 2.05) is 52.0 Å². The summed E-state index contributed by atoms with van der Waals surface area (Å²) in [6, 6.07) is 7.37. The van der Waals surface area contributed by atoms with Gasteiger partial charge in [0.25, 0.3) is 0 Å². The molecule has 8 heteroatoms. The highest BCUT2D eigenvalue weighted by Gasteiger charge is 2.62. The van der Waals surface area contributed by atoms with Gasteiger partial charge in [-0.25, -0.2) is 9.69 Å². The third-order valence-electron chi connectivity index (χ3n) is 6.85. The van der Waals surface area contributed by atoms with Crippen LogP contribution in [0, 0.1) is 12.3 Å². The SMILES string of the molecule is CCC[C@@H](NC(=O)N1C(=O)C(CC)(CC)[C@@H]1OCC(=O)N(C)CCNCC)c1ccc(C)cc1. The lowest BCUT2D eigenvalue weighted by molar-refractivity contribution is -0.211. The molecular weight excluding hydrogens is 432 g/mol. The zero-order valence-corrected chi connectivity index (χ0v) is 21.6. The average molecular weight is 475 g/mol. The van der Waals surface area contributed by atoms with Crippen LogP contribution in [-0.2, 0) is 14.3 Å². The van der Waals surface area contributed by atoms with Crippen molar-refractivity contribution < 1.29 is 19.1 Å². The van der Waals surface area contributed by atoms with Crippen molar-refractivity contribution in [3.8, 4) is 0 Å². The topological polar surface area (TPSA) is 91.0 Å². The van der Waals surface area contributed by atoms with E-state index in [0.29, 0.717) is 25.9 Å². The maximum atomic E-state index is 13.3. The summed E-state index contributed by atoms with van der Waals surface area (Å²) in [5, 5.41) is 6.21. The van der Waals surface area contributed by atoms with E-state index in [0.717, 1.165) is 35.4 Å². The number of imide groups is 1. The molecule has 190 valence electrons. The number of aryl methyl sites for hydroxylation is 1. The largest absolute Gasteiger partial charge is 0.347 e. The predicted octanol–water partition coefficient (Wildman–Crippen LogP) is 3.61. The van der Waals surface area contributed by atoms with Crippen LogP contribution >= 0.6 is 0 Å². The van der Waals surface area contributed by atoms with Crippen LogP contribution in [-0.4, -0.2) is 67.2 Å². The molecule has 0 aliphatic carbocycles. The van der Waals surface area contributed by atoms with E-state index in [4.69, 9.17) is 4.74 Å². The maximum Gasteiger partial charge on any atom is 0.326 e. The van der Waals surface area contributed by atoms with Gasteiger partial charge in [0.05, 0.1) is 11.5 Å². The van der Waals surface area contributed by atoms with E-state index in [1.165, 1.54) is 0 Å². The lowest BCUT2D eigenvalue weighted by Gasteiger charge is -2.53. The number of benzene rings is 1. The van der Waals surface area contributed by atoms with Crippen molar-refractivity contribution in [1.29, 1.82) is 0 Å². The molecule has 4 amide bonds. The number of ether oxygens (including phenoxy) is 1. The molecule has 1 aromatic carbocycles. The Kier molecular flexibility index (Phi) is 10.5. The monoisotopic (exact) mass is 474 g/mol. The van der Waals surface area contributed by atoms with Crippen molar-refractivity contribution in [2.75, 3.05) is 33.3 Å². The molecule has 0 aromatic heterocycles. The van der Waals surface area contributed by atoms with Crippen molar-refractivity contribution in [2.45, 2.75) is 72.6 Å². The van der Waals surface area contributed by atoms with Gasteiger partial charge in [0.15, 0.2) is 6.23 Å². The van der Waals surface area contributed by atoms with Gasteiger partial charge in [-0.2, -0.15) is 0 Å². The summed E-state index contributed by atoms with van der Waals surface area (Å²) >= 11 is 0. The number of hydrogen-bond acceptors (Lipinski definition) is 5. The Morgan fingerprint density at radius 2 is 1.79 bits per heavy atom. The van der Waals surface area contributed by atoms with Gasteiger partial charge in [-0.15, -0.1) is 0 Å². The van der Waals surface area contributed by atoms with Crippen LogP contribution < -0.4 is 10.6 Å². The van der Waals surface area contributed by atoms with Crippen molar-refractivity contribution in [2.24, 2.45) is 5.41 Å². The number of carbonyl (C=O) groups excluding carboxylic acids is 3. The van der Waals surface area contributed by atoms with E-state index in [1.54, 1.807) is 11.9 Å². The standard InChI is InChI=1S/C26H42N4O4/c1-7-11-21(20-14-12-19(5)13-15-20)28-25(33)30-23(32)26(8-2,9-3)24(30)34-18-22(31)29(6)17-16-27-10-4/h12-15,21,24,27H,7-11,16-18H2,1-6H3,(H,28,33)/t21-,24+/m1/s1. The molecule has 2 rings (SSSR count). The number of nitrogens with one attached hydrogen (secondary N) is 2. The number of urea groups is 1. The molecule has 0 radical (unpaired) electrons. The Labute approximate surface area is 204 Å². The number of likely N-dealkylation sites (N-methyl/N-ethyl adjacent to an activating group) is 2. The van der Waals surface area contributed by atoms with Crippen LogP contribution in [0.3, 0.4) is 0 Å². The van der Waals surface area contributed by atoms with Gasteiger partial charge in [-0.3, -0.25) is 9.59 Å². The minimum atomic E-state index is -0.788.